The number of carbonyl (C=O) groups is 1. The first-order valence-electron chi connectivity index (χ1n) is 8.40. The van der Waals surface area contributed by atoms with Crippen LogP contribution in [0.3, 0.4) is 0 Å². The zero-order valence-corrected chi connectivity index (χ0v) is 14.9. The maximum absolute atomic E-state index is 13.3. The zero-order valence-electron chi connectivity index (χ0n) is 14.9. The number of carbonyl (C=O) groups excluding carboxylic acids is 1. The Balaban J connectivity index is 1.62. The number of ether oxygens (including phenoxy) is 2. The molecular weight excluding hydrogens is 337 g/mol. The molecule has 0 aromatic heterocycles. The number of halogens is 1. The summed E-state index contributed by atoms with van der Waals surface area (Å²) < 4.78 is 23.8. The lowest BCUT2D eigenvalue weighted by atomic mass is 10.2. The lowest BCUT2D eigenvalue weighted by molar-refractivity contribution is 0.208. The molecule has 6 nitrogen and oxygen atoms in total. The molecule has 1 heterocycles. The fraction of sp³-hybridized carbons (Fsp3) is 0.316. The van der Waals surface area contributed by atoms with Crippen LogP contribution in [0.1, 0.15) is 0 Å². The minimum absolute atomic E-state index is 0.227. The minimum Gasteiger partial charge on any atom is -0.495 e. The smallest absolute Gasteiger partial charge is 0.322 e. The van der Waals surface area contributed by atoms with Crippen molar-refractivity contribution in [2.75, 3.05) is 50.6 Å². The molecule has 0 atom stereocenters. The SMILES string of the molecule is COc1cc(F)ccc1NC(=O)N1CCN(c2ccccc2OC)CC1. The Morgan fingerprint density at radius 1 is 1.00 bits per heavy atom. The van der Waals surface area contributed by atoms with Crippen molar-refractivity contribution in [2.45, 2.75) is 0 Å². The molecule has 0 saturated carbocycles. The maximum atomic E-state index is 13.3. The van der Waals surface area contributed by atoms with E-state index < -0.39 is 5.82 Å². The quantitative estimate of drug-likeness (QED) is 0.911. The molecule has 0 unspecified atom stereocenters. The summed E-state index contributed by atoms with van der Waals surface area (Å²) in [4.78, 5) is 16.4. The van der Waals surface area contributed by atoms with E-state index in [0.29, 0.717) is 37.6 Å². The predicted molar refractivity (Wildman–Crippen MR) is 98.8 cm³/mol. The van der Waals surface area contributed by atoms with Gasteiger partial charge in [-0.05, 0) is 24.3 Å². The number of urea groups is 1. The van der Waals surface area contributed by atoms with Gasteiger partial charge in [-0.2, -0.15) is 0 Å². The average Bonchev–Trinajstić information content (AvgIpc) is 2.69. The highest BCUT2D eigenvalue weighted by atomic mass is 19.1. The summed E-state index contributed by atoms with van der Waals surface area (Å²) in [6.07, 6.45) is 0. The third-order valence-corrected chi connectivity index (χ3v) is 4.40. The molecule has 7 heteroatoms. The standard InChI is InChI=1S/C19H22FN3O3/c1-25-17-6-4-3-5-16(17)22-9-11-23(12-10-22)19(24)21-15-8-7-14(20)13-18(15)26-2/h3-8,13H,9-12H2,1-2H3,(H,21,24). The van der Waals surface area contributed by atoms with E-state index in [0.717, 1.165) is 11.4 Å². The average molecular weight is 359 g/mol. The van der Waals surface area contributed by atoms with Gasteiger partial charge in [0.25, 0.3) is 0 Å². The van der Waals surface area contributed by atoms with Gasteiger partial charge >= 0.3 is 6.03 Å². The van der Waals surface area contributed by atoms with Gasteiger partial charge in [-0.3, -0.25) is 0 Å². The number of hydrogen-bond donors (Lipinski definition) is 1. The molecule has 26 heavy (non-hydrogen) atoms. The molecule has 1 N–H and O–H groups in total. The number of piperazine rings is 1. The van der Waals surface area contributed by atoms with Crippen molar-refractivity contribution in [1.82, 2.24) is 4.90 Å². The number of para-hydroxylation sites is 2. The Morgan fingerprint density at radius 3 is 2.38 bits per heavy atom. The topological polar surface area (TPSA) is 54.0 Å². The van der Waals surface area contributed by atoms with E-state index in [-0.39, 0.29) is 6.03 Å². The second-order valence-corrected chi connectivity index (χ2v) is 5.92. The van der Waals surface area contributed by atoms with Crippen LogP contribution in [0, 0.1) is 5.82 Å². The molecule has 1 aliphatic rings. The molecule has 2 aromatic rings. The van der Waals surface area contributed by atoms with E-state index in [1.165, 1.54) is 25.3 Å². The number of amides is 2. The number of anilines is 2. The summed E-state index contributed by atoms with van der Waals surface area (Å²) in [5.41, 5.74) is 1.47. The summed E-state index contributed by atoms with van der Waals surface area (Å²) in [6, 6.07) is 11.6. The van der Waals surface area contributed by atoms with E-state index >= 15 is 0 Å². The fourth-order valence-corrected chi connectivity index (χ4v) is 3.00. The second kappa shape index (κ2) is 7.95. The normalized spacial score (nSPS) is 14.1. The summed E-state index contributed by atoms with van der Waals surface area (Å²) in [5.74, 6) is 0.706. The molecular formula is C19H22FN3O3. The van der Waals surface area contributed by atoms with Crippen molar-refractivity contribution < 1.29 is 18.7 Å². The minimum atomic E-state index is -0.412. The van der Waals surface area contributed by atoms with Gasteiger partial charge in [-0.1, -0.05) is 12.1 Å². The third kappa shape index (κ3) is 3.82. The Hall–Kier alpha value is -2.96. The van der Waals surface area contributed by atoms with Gasteiger partial charge in [0.15, 0.2) is 0 Å². The number of rotatable bonds is 4. The molecule has 0 bridgehead atoms. The van der Waals surface area contributed by atoms with Gasteiger partial charge < -0.3 is 24.6 Å². The van der Waals surface area contributed by atoms with Crippen molar-refractivity contribution >= 4 is 17.4 Å². The number of hydrogen-bond acceptors (Lipinski definition) is 4. The van der Waals surface area contributed by atoms with Gasteiger partial charge in [0.1, 0.15) is 17.3 Å². The lowest BCUT2D eigenvalue weighted by Crippen LogP contribution is -2.50. The van der Waals surface area contributed by atoms with Gasteiger partial charge in [-0.25, -0.2) is 9.18 Å². The van der Waals surface area contributed by atoms with Crippen molar-refractivity contribution in [2.24, 2.45) is 0 Å². The Bertz CT molecular complexity index is 776. The number of nitrogens with one attached hydrogen (secondary N) is 1. The molecule has 1 saturated heterocycles. The Labute approximate surface area is 152 Å². The van der Waals surface area contributed by atoms with E-state index in [9.17, 15) is 9.18 Å². The monoisotopic (exact) mass is 359 g/mol. The van der Waals surface area contributed by atoms with Crippen molar-refractivity contribution in [3.63, 3.8) is 0 Å². The van der Waals surface area contributed by atoms with Gasteiger partial charge in [0.2, 0.25) is 0 Å². The van der Waals surface area contributed by atoms with Crippen LogP contribution in [0.5, 0.6) is 11.5 Å². The van der Waals surface area contributed by atoms with Crippen LogP contribution in [-0.4, -0.2) is 51.3 Å². The number of methoxy groups -OCH3 is 2. The third-order valence-electron chi connectivity index (χ3n) is 4.40. The van der Waals surface area contributed by atoms with E-state index in [2.05, 4.69) is 10.2 Å². The van der Waals surface area contributed by atoms with Gasteiger partial charge in [-0.15, -0.1) is 0 Å². The number of nitrogens with zero attached hydrogens (tertiary/aromatic N) is 2. The van der Waals surface area contributed by atoms with Crippen LogP contribution in [0.4, 0.5) is 20.6 Å². The largest absolute Gasteiger partial charge is 0.495 e. The second-order valence-electron chi connectivity index (χ2n) is 5.92. The van der Waals surface area contributed by atoms with Crippen LogP contribution in [0.2, 0.25) is 0 Å². The molecule has 1 fully saturated rings. The van der Waals surface area contributed by atoms with Crippen LogP contribution in [0.25, 0.3) is 0 Å². The summed E-state index contributed by atoms with van der Waals surface area (Å²) in [6.45, 7) is 2.56. The van der Waals surface area contributed by atoms with E-state index in [4.69, 9.17) is 9.47 Å². The van der Waals surface area contributed by atoms with Crippen LogP contribution >= 0.6 is 0 Å². The highest BCUT2D eigenvalue weighted by molar-refractivity contribution is 5.91. The summed E-state index contributed by atoms with van der Waals surface area (Å²) in [7, 11) is 3.09. The van der Waals surface area contributed by atoms with E-state index in [1.54, 1.807) is 12.0 Å². The summed E-state index contributed by atoms with van der Waals surface area (Å²) >= 11 is 0. The van der Waals surface area contributed by atoms with Gasteiger partial charge in [0.05, 0.1) is 25.6 Å². The first kappa shape index (κ1) is 17.8. The van der Waals surface area contributed by atoms with Crippen LogP contribution in [0.15, 0.2) is 42.5 Å². The van der Waals surface area contributed by atoms with Crippen LogP contribution in [-0.2, 0) is 0 Å². The molecule has 1 aliphatic heterocycles. The van der Waals surface area contributed by atoms with Crippen molar-refractivity contribution in [3.8, 4) is 11.5 Å². The highest BCUT2D eigenvalue weighted by Crippen LogP contribution is 2.29. The first-order chi connectivity index (χ1) is 12.6. The van der Waals surface area contributed by atoms with E-state index in [1.807, 2.05) is 24.3 Å². The maximum Gasteiger partial charge on any atom is 0.322 e. The van der Waals surface area contributed by atoms with Crippen molar-refractivity contribution in [1.29, 1.82) is 0 Å². The van der Waals surface area contributed by atoms with Crippen LogP contribution < -0.4 is 19.7 Å². The predicted octanol–water partition coefficient (Wildman–Crippen LogP) is 3.20. The Kier molecular flexibility index (Phi) is 5.46. The molecule has 0 spiro atoms. The zero-order chi connectivity index (χ0) is 18.5. The van der Waals surface area contributed by atoms with Crippen molar-refractivity contribution in [3.05, 3.63) is 48.3 Å². The first-order valence-corrected chi connectivity index (χ1v) is 8.40. The fourth-order valence-electron chi connectivity index (χ4n) is 3.00. The number of benzene rings is 2. The molecule has 3 rings (SSSR count). The highest BCUT2D eigenvalue weighted by Gasteiger charge is 2.23. The molecule has 2 aromatic carbocycles. The van der Waals surface area contributed by atoms with Gasteiger partial charge in [0, 0.05) is 32.2 Å². The Morgan fingerprint density at radius 2 is 1.69 bits per heavy atom. The lowest BCUT2D eigenvalue weighted by Gasteiger charge is -2.36. The molecule has 138 valence electrons. The molecule has 0 radical (unpaired) electrons. The summed E-state index contributed by atoms with van der Waals surface area (Å²) in [5, 5.41) is 2.79. The molecule has 2 amide bonds. The molecule has 0 aliphatic carbocycles.